The van der Waals surface area contributed by atoms with Crippen molar-refractivity contribution in [3.05, 3.63) is 34.9 Å². The van der Waals surface area contributed by atoms with Crippen LogP contribution in [-0.2, 0) is 10.1 Å². The van der Waals surface area contributed by atoms with Gasteiger partial charge in [0.25, 0.3) is 10.1 Å². The van der Waals surface area contributed by atoms with E-state index in [4.69, 9.17) is 16.8 Å². The van der Waals surface area contributed by atoms with Crippen molar-refractivity contribution < 1.29 is 13.0 Å². The van der Waals surface area contributed by atoms with Crippen molar-refractivity contribution in [2.75, 3.05) is 17.2 Å². The van der Waals surface area contributed by atoms with Crippen LogP contribution in [0.2, 0.25) is 0 Å². The molecule has 0 fully saturated rings. The molecule has 0 aliphatic carbocycles. The third-order valence-corrected chi connectivity index (χ3v) is 5.63. The molecule has 0 aromatic heterocycles. The number of anilines is 1. The number of thiocarbonyl (C=S) groups is 1. The number of aryl methyl sites for hydroxylation is 1. The number of benzene rings is 1. The first kappa shape index (κ1) is 17.5. The van der Waals surface area contributed by atoms with Gasteiger partial charge in [-0.05, 0) is 43.5 Å². The number of fused-ring (bicyclic) bond motifs is 1. The molecular formula is C15H19NO3S3. The smallest absolute Gasteiger partial charge is 0.264 e. The monoisotopic (exact) mass is 357 g/mol. The van der Waals surface area contributed by atoms with E-state index in [1.807, 2.05) is 19.9 Å². The van der Waals surface area contributed by atoms with Gasteiger partial charge in [-0.2, -0.15) is 8.42 Å². The minimum atomic E-state index is -3.93. The average molecular weight is 358 g/mol. The Labute approximate surface area is 141 Å². The molecule has 0 saturated heterocycles. The van der Waals surface area contributed by atoms with E-state index in [1.165, 1.54) is 0 Å². The third-order valence-electron chi connectivity index (χ3n) is 3.30. The molecule has 1 aliphatic rings. The molecule has 1 aliphatic heterocycles. The summed E-state index contributed by atoms with van der Waals surface area (Å²) < 4.78 is 30.7. The first-order valence-corrected chi connectivity index (χ1v) is 9.89. The lowest BCUT2D eigenvalue weighted by molar-refractivity contribution is 0.481. The maximum Gasteiger partial charge on any atom is 0.264 e. The Morgan fingerprint density at radius 3 is 2.82 bits per heavy atom. The van der Waals surface area contributed by atoms with Crippen molar-refractivity contribution in [3.8, 4) is 0 Å². The zero-order valence-electron chi connectivity index (χ0n) is 12.6. The lowest BCUT2D eigenvalue weighted by Crippen LogP contribution is -2.22. The molecule has 120 valence electrons. The Morgan fingerprint density at radius 1 is 1.45 bits per heavy atom. The molecule has 0 amide bonds. The molecule has 0 atom stereocenters. The average Bonchev–Trinajstić information content (AvgIpc) is 2.75. The molecule has 0 radical (unpaired) electrons. The molecule has 4 nitrogen and oxygen atoms in total. The number of rotatable bonds is 6. The number of hydrogen-bond donors (Lipinski definition) is 1. The van der Waals surface area contributed by atoms with E-state index in [0.717, 1.165) is 32.5 Å². The molecule has 0 bridgehead atoms. The predicted molar refractivity (Wildman–Crippen MR) is 96.4 cm³/mol. The van der Waals surface area contributed by atoms with Gasteiger partial charge in [0.15, 0.2) is 0 Å². The Kier molecular flexibility index (Phi) is 5.65. The zero-order chi connectivity index (χ0) is 16.3. The molecule has 1 aromatic carbocycles. The first-order valence-electron chi connectivity index (χ1n) is 7.06. The Morgan fingerprint density at radius 2 is 2.18 bits per heavy atom. The maximum atomic E-state index is 10.9. The van der Waals surface area contributed by atoms with Crippen molar-refractivity contribution in [3.63, 3.8) is 0 Å². The summed E-state index contributed by atoms with van der Waals surface area (Å²) >= 11 is 6.94. The normalized spacial score (nSPS) is 16.1. The molecule has 1 aromatic rings. The van der Waals surface area contributed by atoms with E-state index in [1.54, 1.807) is 11.8 Å². The fraction of sp³-hybridized carbons (Fsp3) is 0.400. The van der Waals surface area contributed by atoms with Crippen LogP contribution in [0.4, 0.5) is 5.69 Å². The van der Waals surface area contributed by atoms with Crippen LogP contribution in [0.25, 0.3) is 0 Å². The number of thioether (sulfide) groups is 1. The molecule has 1 N–H and O–H groups in total. The van der Waals surface area contributed by atoms with Crippen molar-refractivity contribution in [1.82, 2.24) is 0 Å². The van der Waals surface area contributed by atoms with Crippen LogP contribution in [0.1, 0.15) is 25.3 Å². The number of allylic oxidation sites excluding steroid dienone is 1. The van der Waals surface area contributed by atoms with Crippen LogP contribution < -0.4 is 4.90 Å². The number of hydrogen-bond acceptors (Lipinski definition) is 5. The van der Waals surface area contributed by atoms with Crippen LogP contribution in [0, 0.1) is 6.92 Å². The quantitative estimate of drug-likeness (QED) is 0.475. The highest BCUT2D eigenvalue weighted by Crippen LogP contribution is 2.46. The van der Waals surface area contributed by atoms with Gasteiger partial charge in [-0.3, -0.25) is 4.55 Å². The summed E-state index contributed by atoms with van der Waals surface area (Å²) in [5, 5.41) is 1.02. The van der Waals surface area contributed by atoms with E-state index in [-0.39, 0.29) is 5.75 Å². The second kappa shape index (κ2) is 7.12. The van der Waals surface area contributed by atoms with Gasteiger partial charge < -0.3 is 4.90 Å². The molecule has 0 saturated carbocycles. The fourth-order valence-corrected chi connectivity index (χ4v) is 4.01. The highest BCUT2D eigenvalue weighted by atomic mass is 32.2. The summed E-state index contributed by atoms with van der Waals surface area (Å²) in [6.45, 7) is 4.57. The van der Waals surface area contributed by atoms with Gasteiger partial charge >= 0.3 is 0 Å². The molecule has 7 heteroatoms. The van der Waals surface area contributed by atoms with Gasteiger partial charge in [0, 0.05) is 16.3 Å². The topological polar surface area (TPSA) is 57.6 Å². The van der Waals surface area contributed by atoms with Crippen molar-refractivity contribution in [2.24, 2.45) is 0 Å². The minimum Gasteiger partial charge on any atom is -0.335 e. The van der Waals surface area contributed by atoms with E-state index >= 15 is 0 Å². The molecule has 0 unspecified atom stereocenters. The Balaban J connectivity index is 2.25. The summed E-state index contributed by atoms with van der Waals surface area (Å²) in [7, 11) is -3.93. The lowest BCUT2D eigenvalue weighted by Gasteiger charge is -2.20. The molecule has 2 rings (SSSR count). The largest absolute Gasteiger partial charge is 0.335 e. The molecule has 22 heavy (non-hydrogen) atoms. The van der Waals surface area contributed by atoms with Crippen LogP contribution in [0.5, 0.6) is 0 Å². The highest BCUT2D eigenvalue weighted by molar-refractivity contribution is 8.03. The summed E-state index contributed by atoms with van der Waals surface area (Å²) in [4.78, 5) is 4.09. The van der Waals surface area contributed by atoms with Gasteiger partial charge in [-0.25, -0.2) is 0 Å². The van der Waals surface area contributed by atoms with E-state index in [2.05, 4.69) is 23.1 Å². The van der Waals surface area contributed by atoms with Crippen LogP contribution in [0.15, 0.2) is 34.2 Å². The van der Waals surface area contributed by atoms with Crippen LogP contribution in [0.3, 0.4) is 0 Å². The standard InChI is InChI=1S/C15H19NO3S3/c1-3-12(20)10-15-16(7-4-8-22(17,18)19)13-9-11(2)5-6-14(13)21-15/h5-6,9-10H,3-4,7-8H2,1-2H3,(H,17,18,19)/b15-10+. The second-order valence-electron chi connectivity index (χ2n) is 5.17. The highest BCUT2D eigenvalue weighted by Gasteiger charge is 2.25. The van der Waals surface area contributed by atoms with Gasteiger partial charge in [-0.1, -0.05) is 37.0 Å². The summed E-state index contributed by atoms with van der Waals surface area (Å²) in [5.41, 5.74) is 2.23. The van der Waals surface area contributed by atoms with Crippen molar-refractivity contribution in [1.29, 1.82) is 0 Å². The maximum absolute atomic E-state index is 10.9. The predicted octanol–water partition coefficient (Wildman–Crippen LogP) is 3.81. The van der Waals surface area contributed by atoms with E-state index < -0.39 is 10.1 Å². The summed E-state index contributed by atoms with van der Waals surface area (Å²) in [6.07, 6.45) is 3.14. The van der Waals surface area contributed by atoms with E-state index in [0.29, 0.717) is 13.0 Å². The third kappa shape index (κ3) is 4.55. The van der Waals surface area contributed by atoms with Gasteiger partial charge in [0.1, 0.15) is 0 Å². The SMILES string of the molecule is CCC(=S)/C=C1/Sc2ccc(C)cc2N1CCCS(=O)(=O)O. The van der Waals surface area contributed by atoms with Crippen molar-refractivity contribution >= 4 is 44.6 Å². The minimum absolute atomic E-state index is 0.235. The first-order chi connectivity index (χ1) is 10.3. The Hall–Kier alpha value is -0.890. The second-order valence-corrected chi connectivity index (χ2v) is 8.33. The van der Waals surface area contributed by atoms with E-state index in [9.17, 15) is 8.42 Å². The lowest BCUT2D eigenvalue weighted by atomic mass is 10.2. The van der Waals surface area contributed by atoms with Crippen LogP contribution >= 0.6 is 24.0 Å². The zero-order valence-corrected chi connectivity index (χ0v) is 15.0. The molecule has 0 spiro atoms. The van der Waals surface area contributed by atoms with Gasteiger partial charge in [-0.15, -0.1) is 0 Å². The van der Waals surface area contributed by atoms with Crippen molar-refractivity contribution in [2.45, 2.75) is 31.6 Å². The van der Waals surface area contributed by atoms with Crippen LogP contribution in [-0.4, -0.2) is 30.1 Å². The Bertz CT molecular complexity index is 711. The summed E-state index contributed by atoms with van der Waals surface area (Å²) in [6, 6.07) is 6.22. The number of nitrogens with zero attached hydrogens (tertiary/aromatic N) is 1. The summed E-state index contributed by atoms with van der Waals surface area (Å²) in [5.74, 6) is -0.235. The molecular weight excluding hydrogens is 338 g/mol. The molecule has 1 heterocycles. The fourth-order valence-electron chi connectivity index (χ4n) is 2.19. The van der Waals surface area contributed by atoms with Gasteiger partial charge in [0.05, 0.1) is 16.5 Å². The van der Waals surface area contributed by atoms with Gasteiger partial charge in [0.2, 0.25) is 0 Å².